The van der Waals surface area contributed by atoms with E-state index in [1.165, 1.54) is 32.1 Å². The number of anilines is 1. The maximum atomic E-state index is 3.93. The normalized spacial score (nSPS) is 12.3. The van der Waals surface area contributed by atoms with Gasteiger partial charge in [-0.2, -0.15) is 0 Å². The van der Waals surface area contributed by atoms with Crippen molar-refractivity contribution in [1.82, 2.24) is 20.2 Å². The van der Waals surface area contributed by atoms with Crippen molar-refractivity contribution in [2.75, 3.05) is 5.32 Å². The number of rotatable bonds is 8. The molecule has 2 aromatic rings. The zero-order valence-electron chi connectivity index (χ0n) is 13.2. The maximum Gasteiger partial charge on any atom is 0.143 e. The van der Waals surface area contributed by atoms with Gasteiger partial charge in [-0.15, -0.1) is 5.10 Å². The van der Waals surface area contributed by atoms with E-state index in [0.717, 1.165) is 16.9 Å². The van der Waals surface area contributed by atoms with Gasteiger partial charge >= 0.3 is 0 Å². The van der Waals surface area contributed by atoms with Gasteiger partial charge in [-0.25, -0.2) is 4.68 Å². The fraction of sp³-hybridized carbons (Fsp3) is 0.562. The van der Waals surface area contributed by atoms with Gasteiger partial charge in [-0.1, -0.05) is 32.6 Å². The lowest BCUT2D eigenvalue weighted by Gasteiger charge is -2.16. The number of nitrogens with one attached hydrogen (secondary N) is 1. The SMILES string of the molecule is CCCCCCC(C)Nc1ccc(-n2cnnn2)c(C)c1. The van der Waals surface area contributed by atoms with E-state index in [0.29, 0.717) is 6.04 Å². The van der Waals surface area contributed by atoms with E-state index in [2.05, 4.69) is 59.8 Å². The summed E-state index contributed by atoms with van der Waals surface area (Å²) in [5.41, 5.74) is 3.33. The van der Waals surface area contributed by atoms with Crippen molar-refractivity contribution < 1.29 is 0 Å². The van der Waals surface area contributed by atoms with Crippen LogP contribution in [0.1, 0.15) is 51.5 Å². The molecular weight excluding hydrogens is 262 g/mol. The minimum atomic E-state index is 0.500. The molecule has 1 atom stereocenters. The number of aromatic nitrogens is 4. The highest BCUT2D eigenvalue weighted by Gasteiger charge is 2.06. The highest BCUT2D eigenvalue weighted by molar-refractivity contribution is 5.53. The molecule has 1 N–H and O–H groups in total. The van der Waals surface area contributed by atoms with E-state index in [1.54, 1.807) is 11.0 Å². The fourth-order valence-electron chi connectivity index (χ4n) is 2.51. The van der Waals surface area contributed by atoms with Gasteiger partial charge in [0.2, 0.25) is 0 Å². The molecule has 1 aromatic carbocycles. The number of nitrogens with zero attached hydrogens (tertiary/aromatic N) is 4. The molecule has 1 aromatic heterocycles. The minimum absolute atomic E-state index is 0.500. The zero-order valence-corrected chi connectivity index (χ0v) is 13.2. The summed E-state index contributed by atoms with van der Waals surface area (Å²) in [7, 11) is 0. The first-order valence-corrected chi connectivity index (χ1v) is 7.81. The molecular formula is C16H25N5. The lowest BCUT2D eigenvalue weighted by atomic mass is 10.1. The van der Waals surface area contributed by atoms with Gasteiger partial charge in [0.05, 0.1) is 5.69 Å². The highest BCUT2D eigenvalue weighted by atomic mass is 15.5. The van der Waals surface area contributed by atoms with Crippen LogP contribution in [0, 0.1) is 6.92 Å². The summed E-state index contributed by atoms with van der Waals surface area (Å²) in [4.78, 5) is 0. The smallest absolute Gasteiger partial charge is 0.143 e. The van der Waals surface area contributed by atoms with Crippen molar-refractivity contribution >= 4 is 5.69 Å². The van der Waals surface area contributed by atoms with Crippen molar-refractivity contribution in [3.63, 3.8) is 0 Å². The molecule has 0 spiro atoms. The quantitative estimate of drug-likeness (QED) is 0.751. The third-order valence-corrected chi connectivity index (χ3v) is 3.70. The summed E-state index contributed by atoms with van der Waals surface area (Å²) in [5, 5.41) is 14.9. The molecule has 0 radical (unpaired) electrons. The maximum absolute atomic E-state index is 3.93. The predicted molar refractivity (Wildman–Crippen MR) is 85.7 cm³/mol. The first kappa shape index (κ1) is 15.5. The third-order valence-electron chi connectivity index (χ3n) is 3.70. The largest absolute Gasteiger partial charge is 0.383 e. The van der Waals surface area contributed by atoms with Gasteiger partial charge in [0.25, 0.3) is 0 Å². The van der Waals surface area contributed by atoms with Crippen LogP contribution in [0.5, 0.6) is 0 Å². The molecule has 0 aliphatic carbocycles. The Morgan fingerprint density at radius 3 is 2.76 bits per heavy atom. The molecule has 2 rings (SSSR count). The van der Waals surface area contributed by atoms with E-state index >= 15 is 0 Å². The summed E-state index contributed by atoms with van der Waals surface area (Å²) in [6, 6.07) is 6.80. The van der Waals surface area contributed by atoms with Gasteiger partial charge in [-0.05, 0) is 54.5 Å². The van der Waals surface area contributed by atoms with Crippen LogP contribution >= 0.6 is 0 Å². The number of hydrogen-bond acceptors (Lipinski definition) is 4. The van der Waals surface area contributed by atoms with Crippen LogP contribution in [0.25, 0.3) is 5.69 Å². The molecule has 1 unspecified atom stereocenters. The monoisotopic (exact) mass is 287 g/mol. The van der Waals surface area contributed by atoms with Crippen LogP contribution in [-0.4, -0.2) is 26.2 Å². The summed E-state index contributed by atoms with van der Waals surface area (Å²) >= 11 is 0. The number of hydrogen-bond donors (Lipinski definition) is 1. The van der Waals surface area contributed by atoms with Gasteiger partial charge in [0, 0.05) is 11.7 Å². The molecule has 0 saturated carbocycles. The third kappa shape index (κ3) is 4.55. The number of unbranched alkanes of at least 4 members (excludes halogenated alkanes) is 3. The van der Waals surface area contributed by atoms with Gasteiger partial charge in [0.1, 0.15) is 6.33 Å². The second-order valence-electron chi connectivity index (χ2n) is 5.65. The van der Waals surface area contributed by atoms with Gasteiger partial charge in [0.15, 0.2) is 0 Å². The van der Waals surface area contributed by atoms with Crippen molar-refractivity contribution in [3.05, 3.63) is 30.1 Å². The van der Waals surface area contributed by atoms with Crippen LogP contribution in [0.15, 0.2) is 24.5 Å². The molecule has 0 aliphatic rings. The van der Waals surface area contributed by atoms with Crippen LogP contribution in [0.4, 0.5) is 5.69 Å². The lowest BCUT2D eigenvalue weighted by molar-refractivity contribution is 0.594. The van der Waals surface area contributed by atoms with E-state index in [9.17, 15) is 0 Å². The summed E-state index contributed by atoms with van der Waals surface area (Å²) in [6.45, 7) is 6.57. The fourth-order valence-corrected chi connectivity index (χ4v) is 2.51. The molecule has 21 heavy (non-hydrogen) atoms. The molecule has 0 aliphatic heterocycles. The van der Waals surface area contributed by atoms with E-state index in [4.69, 9.17) is 0 Å². The second-order valence-corrected chi connectivity index (χ2v) is 5.65. The first-order chi connectivity index (χ1) is 10.2. The summed E-state index contributed by atoms with van der Waals surface area (Å²) in [6.07, 6.45) is 8.09. The molecule has 0 saturated heterocycles. The summed E-state index contributed by atoms with van der Waals surface area (Å²) < 4.78 is 1.69. The Balaban J connectivity index is 1.91. The Bertz CT molecular complexity index is 536. The average molecular weight is 287 g/mol. The van der Waals surface area contributed by atoms with E-state index < -0.39 is 0 Å². The molecule has 114 valence electrons. The average Bonchev–Trinajstić information content (AvgIpc) is 2.98. The topological polar surface area (TPSA) is 55.6 Å². The van der Waals surface area contributed by atoms with Crippen molar-refractivity contribution in [1.29, 1.82) is 0 Å². The van der Waals surface area contributed by atoms with Crippen LogP contribution in [0.2, 0.25) is 0 Å². The second kappa shape index (κ2) is 7.76. The van der Waals surface area contributed by atoms with Crippen molar-refractivity contribution in [3.8, 4) is 5.69 Å². The molecule has 0 bridgehead atoms. The van der Waals surface area contributed by atoms with E-state index in [1.807, 2.05) is 0 Å². The lowest BCUT2D eigenvalue weighted by Crippen LogP contribution is -2.15. The minimum Gasteiger partial charge on any atom is -0.383 e. The Labute approximate surface area is 126 Å². The molecule has 5 heteroatoms. The molecule has 1 heterocycles. The summed E-state index contributed by atoms with van der Waals surface area (Å²) in [5.74, 6) is 0. The van der Waals surface area contributed by atoms with Crippen molar-refractivity contribution in [2.45, 2.75) is 58.9 Å². The first-order valence-electron chi connectivity index (χ1n) is 7.81. The molecule has 0 fully saturated rings. The molecule has 5 nitrogen and oxygen atoms in total. The Hall–Kier alpha value is -1.91. The Kier molecular flexibility index (Phi) is 5.72. The predicted octanol–water partition coefficient (Wildman–Crippen LogP) is 3.74. The van der Waals surface area contributed by atoms with Crippen LogP contribution < -0.4 is 5.32 Å². The van der Waals surface area contributed by atoms with Gasteiger partial charge < -0.3 is 5.32 Å². The van der Waals surface area contributed by atoms with Crippen LogP contribution in [0.3, 0.4) is 0 Å². The van der Waals surface area contributed by atoms with Crippen LogP contribution in [-0.2, 0) is 0 Å². The zero-order chi connectivity index (χ0) is 15.1. The van der Waals surface area contributed by atoms with E-state index in [-0.39, 0.29) is 0 Å². The Morgan fingerprint density at radius 1 is 1.24 bits per heavy atom. The molecule has 0 amide bonds. The number of tetrazole rings is 1. The number of aryl methyl sites for hydroxylation is 1. The highest BCUT2D eigenvalue weighted by Crippen LogP contribution is 2.19. The van der Waals surface area contributed by atoms with Crippen molar-refractivity contribution in [2.24, 2.45) is 0 Å². The Morgan fingerprint density at radius 2 is 2.10 bits per heavy atom. The standard InChI is InChI=1S/C16H25N5/c1-4-5-6-7-8-14(3)18-15-9-10-16(13(2)11-15)21-12-17-19-20-21/h9-12,14,18H,4-8H2,1-3H3. The van der Waals surface area contributed by atoms with Gasteiger partial charge in [-0.3, -0.25) is 0 Å². The number of benzene rings is 1.